The third-order valence-electron chi connectivity index (χ3n) is 5.24. The maximum absolute atomic E-state index is 5.47. The zero-order valence-electron chi connectivity index (χ0n) is 11.8. The summed E-state index contributed by atoms with van der Waals surface area (Å²) in [6, 6.07) is 0. The van der Waals surface area contributed by atoms with Crippen molar-refractivity contribution in [3.8, 4) is 0 Å². The Kier molecular flexibility index (Phi) is 5.34. The largest absolute Gasteiger partial charge is 0.381 e. The standard InChI is InChI=1S/C16H30O/c1-3-14-5-4-6-15(12-14)11-13(2)16-7-9-17-10-8-16/h13-16H,3-12H2,1-2H3. The van der Waals surface area contributed by atoms with Crippen LogP contribution in [-0.4, -0.2) is 13.2 Å². The van der Waals surface area contributed by atoms with Crippen LogP contribution in [0.5, 0.6) is 0 Å². The van der Waals surface area contributed by atoms with E-state index in [0.29, 0.717) is 0 Å². The lowest BCUT2D eigenvalue weighted by Gasteiger charge is -2.34. The number of hydrogen-bond donors (Lipinski definition) is 0. The molecule has 3 unspecified atom stereocenters. The molecule has 1 aliphatic carbocycles. The van der Waals surface area contributed by atoms with Gasteiger partial charge in [0.1, 0.15) is 0 Å². The Morgan fingerprint density at radius 1 is 1.06 bits per heavy atom. The fourth-order valence-electron chi connectivity index (χ4n) is 3.99. The lowest BCUT2D eigenvalue weighted by atomic mass is 9.73. The van der Waals surface area contributed by atoms with E-state index >= 15 is 0 Å². The van der Waals surface area contributed by atoms with Gasteiger partial charge in [0.05, 0.1) is 0 Å². The van der Waals surface area contributed by atoms with Crippen LogP contribution in [0.1, 0.15) is 65.2 Å². The second-order valence-corrected chi connectivity index (χ2v) is 6.47. The average Bonchev–Trinajstić information content (AvgIpc) is 2.40. The van der Waals surface area contributed by atoms with E-state index in [9.17, 15) is 0 Å². The molecule has 1 heteroatoms. The van der Waals surface area contributed by atoms with Crippen LogP contribution in [0.2, 0.25) is 0 Å². The Hall–Kier alpha value is -0.0400. The highest BCUT2D eigenvalue weighted by molar-refractivity contribution is 4.77. The summed E-state index contributed by atoms with van der Waals surface area (Å²) in [5.41, 5.74) is 0. The Morgan fingerprint density at radius 2 is 1.76 bits per heavy atom. The van der Waals surface area contributed by atoms with Crippen molar-refractivity contribution in [2.45, 2.75) is 65.2 Å². The molecule has 1 nitrogen and oxygen atoms in total. The highest BCUT2D eigenvalue weighted by Crippen LogP contribution is 2.37. The molecule has 2 rings (SSSR count). The molecule has 0 aromatic heterocycles. The third kappa shape index (κ3) is 3.98. The van der Waals surface area contributed by atoms with Crippen LogP contribution in [0.4, 0.5) is 0 Å². The lowest BCUT2D eigenvalue weighted by Crippen LogP contribution is -2.25. The van der Waals surface area contributed by atoms with Gasteiger partial charge in [0.15, 0.2) is 0 Å². The predicted molar refractivity (Wildman–Crippen MR) is 73.1 cm³/mol. The van der Waals surface area contributed by atoms with Gasteiger partial charge in [-0.25, -0.2) is 0 Å². The van der Waals surface area contributed by atoms with Crippen molar-refractivity contribution in [1.29, 1.82) is 0 Å². The molecule has 100 valence electrons. The maximum Gasteiger partial charge on any atom is 0.0468 e. The molecular weight excluding hydrogens is 208 g/mol. The first-order chi connectivity index (χ1) is 8.29. The van der Waals surface area contributed by atoms with Gasteiger partial charge in [0.25, 0.3) is 0 Å². The van der Waals surface area contributed by atoms with Crippen molar-refractivity contribution in [2.75, 3.05) is 13.2 Å². The zero-order chi connectivity index (χ0) is 12.1. The van der Waals surface area contributed by atoms with Gasteiger partial charge in [0, 0.05) is 13.2 Å². The summed E-state index contributed by atoms with van der Waals surface area (Å²) < 4.78 is 5.47. The maximum atomic E-state index is 5.47. The molecule has 0 aromatic carbocycles. The van der Waals surface area contributed by atoms with E-state index < -0.39 is 0 Å². The van der Waals surface area contributed by atoms with Gasteiger partial charge in [0.2, 0.25) is 0 Å². The van der Waals surface area contributed by atoms with Gasteiger partial charge in [-0.3, -0.25) is 0 Å². The molecule has 0 aromatic rings. The molecular formula is C16H30O. The van der Waals surface area contributed by atoms with Crippen molar-refractivity contribution in [3.05, 3.63) is 0 Å². The van der Waals surface area contributed by atoms with E-state index in [0.717, 1.165) is 36.9 Å². The topological polar surface area (TPSA) is 9.23 Å². The molecule has 2 aliphatic rings. The van der Waals surface area contributed by atoms with Crippen LogP contribution in [-0.2, 0) is 4.74 Å². The van der Waals surface area contributed by atoms with E-state index in [1.54, 1.807) is 0 Å². The molecule has 17 heavy (non-hydrogen) atoms. The normalized spacial score (nSPS) is 33.5. The molecule has 1 heterocycles. The quantitative estimate of drug-likeness (QED) is 0.692. The van der Waals surface area contributed by atoms with Crippen LogP contribution in [0.15, 0.2) is 0 Å². The monoisotopic (exact) mass is 238 g/mol. The summed E-state index contributed by atoms with van der Waals surface area (Å²) in [5, 5.41) is 0. The predicted octanol–water partition coefficient (Wildman–Crippen LogP) is 4.66. The van der Waals surface area contributed by atoms with Crippen molar-refractivity contribution >= 4 is 0 Å². The minimum absolute atomic E-state index is 0.930. The summed E-state index contributed by atoms with van der Waals surface area (Å²) in [6.45, 7) is 6.88. The van der Waals surface area contributed by atoms with Gasteiger partial charge < -0.3 is 4.74 Å². The first-order valence-corrected chi connectivity index (χ1v) is 7.87. The molecule has 0 bridgehead atoms. The van der Waals surface area contributed by atoms with E-state index in [4.69, 9.17) is 4.74 Å². The van der Waals surface area contributed by atoms with Gasteiger partial charge in [-0.2, -0.15) is 0 Å². The number of hydrogen-bond acceptors (Lipinski definition) is 1. The molecule has 1 saturated heterocycles. The molecule has 2 fully saturated rings. The van der Waals surface area contributed by atoms with Crippen LogP contribution in [0, 0.1) is 23.7 Å². The highest BCUT2D eigenvalue weighted by atomic mass is 16.5. The smallest absolute Gasteiger partial charge is 0.0468 e. The second kappa shape index (κ2) is 6.78. The first kappa shape index (κ1) is 13.4. The lowest BCUT2D eigenvalue weighted by molar-refractivity contribution is 0.0428. The zero-order valence-corrected chi connectivity index (χ0v) is 11.8. The van der Waals surface area contributed by atoms with Crippen LogP contribution in [0.3, 0.4) is 0 Å². The minimum atomic E-state index is 0.930. The molecule has 0 spiro atoms. The van der Waals surface area contributed by atoms with E-state index in [-0.39, 0.29) is 0 Å². The summed E-state index contributed by atoms with van der Waals surface area (Å²) in [4.78, 5) is 0. The van der Waals surface area contributed by atoms with Crippen molar-refractivity contribution in [1.82, 2.24) is 0 Å². The van der Waals surface area contributed by atoms with Crippen molar-refractivity contribution in [3.63, 3.8) is 0 Å². The Labute approximate surface area is 107 Å². The fraction of sp³-hybridized carbons (Fsp3) is 1.00. The van der Waals surface area contributed by atoms with Crippen molar-refractivity contribution in [2.24, 2.45) is 23.7 Å². The summed E-state index contributed by atoms with van der Waals surface area (Å²) in [7, 11) is 0. The second-order valence-electron chi connectivity index (χ2n) is 6.47. The van der Waals surface area contributed by atoms with E-state index in [1.807, 2.05) is 0 Å². The average molecular weight is 238 g/mol. The molecule has 1 saturated carbocycles. The van der Waals surface area contributed by atoms with Crippen molar-refractivity contribution < 1.29 is 4.74 Å². The summed E-state index contributed by atoms with van der Waals surface area (Å²) in [6.07, 6.45) is 11.5. The van der Waals surface area contributed by atoms with Gasteiger partial charge in [-0.1, -0.05) is 39.5 Å². The molecule has 0 amide bonds. The Bertz CT molecular complexity index is 208. The molecule has 0 radical (unpaired) electrons. The fourth-order valence-corrected chi connectivity index (χ4v) is 3.99. The Balaban J connectivity index is 1.74. The molecule has 1 aliphatic heterocycles. The Morgan fingerprint density at radius 3 is 2.47 bits per heavy atom. The van der Waals surface area contributed by atoms with E-state index in [2.05, 4.69) is 13.8 Å². The first-order valence-electron chi connectivity index (χ1n) is 7.87. The molecule has 0 N–H and O–H groups in total. The van der Waals surface area contributed by atoms with Gasteiger partial charge >= 0.3 is 0 Å². The summed E-state index contributed by atoms with van der Waals surface area (Å²) in [5.74, 6) is 3.95. The number of rotatable bonds is 4. The third-order valence-corrected chi connectivity index (χ3v) is 5.24. The molecule has 3 atom stereocenters. The van der Waals surface area contributed by atoms with Crippen LogP contribution in [0.25, 0.3) is 0 Å². The minimum Gasteiger partial charge on any atom is -0.381 e. The SMILES string of the molecule is CCC1CCCC(CC(C)C2CCOCC2)C1. The van der Waals surface area contributed by atoms with Crippen LogP contribution < -0.4 is 0 Å². The van der Waals surface area contributed by atoms with Gasteiger partial charge in [-0.15, -0.1) is 0 Å². The number of ether oxygens (including phenoxy) is 1. The highest BCUT2D eigenvalue weighted by Gasteiger charge is 2.26. The van der Waals surface area contributed by atoms with Crippen LogP contribution >= 0.6 is 0 Å². The van der Waals surface area contributed by atoms with Gasteiger partial charge in [-0.05, 0) is 49.4 Å². The summed E-state index contributed by atoms with van der Waals surface area (Å²) >= 11 is 0. The van der Waals surface area contributed by atoms with E-state index in [1.165, 1.54) is 51.4 Å².